The number of aromatic nitrogens is 5. The van der Waals surface area contributed by atoms with Crippen molar-refractivity contribution in [1.82, 2.24) is 24.6 Å². The zero-order chi connectivity index (χ0) is 13.4. The van der Waals surface area contributed by atoms with Gasteiger partial charge in [-0.05, 0) is 18.4 Å². The molecule has 0 fully saturated rings. The maximum absolute atomic E-state index is 5.95. The standard InChI is InChI=1S/C11H9ClN6S/c1-19-11-15-9(13)18-10(16-11)14-8(17-18)6-3-2-4-7(12)5-6/h2-5H,1H3,(H2,13,14,15,16,17). The molecule has 0 aliphatic rings. The lowest BCUT2D eigenvalue weighted by Crippen LogP contribution is -2.04. The van der Waals surface area contributed by atoms with E-state index in [1.165, 1.54) is 16.3 Å². The number of halogens is 1. The third kappa shape index (κ3) is 2.22. The van der Waals surface area contributed by atoms with Crippen molar-refractivity contribution in [2.45, 2.75) is 5.16 Å². The topological polar surface area (TPSA) is 82.0 Å². The quantitative estimate of drug-likeness (QED) is 0.729. The highest BCUT2D eigenvalue weighted by Gasteiger charge is 2.11. The van der Waals surface area contributed by atoms with E-state index in [0.717, 1.165) is 5.56 Å². The number of rotatable bonds is 2. The molecule has 0 bridgehead atoms. The van der Waals surface area contributed by atoms with E-state index >= 15 is 0 Å². The second-order valence-corrected chi connectivity index (χ2v) is 4.94. The highest BCUT2D eigenvalue weighted by atomic mass is 35.5. The van der Waals surface area contributed by atoms with Crippen LogP contribution < -0.4 is 5.73 Å². The highest BCUT2D eigenvalue weighted by Crippen LogP contribution is 2.21. The van der Waals surface area contributed by atoms with Gasteiger partial charge in [-0.2, -0.15) is 19.5 Å². The minimum Gasteiger partial charge on any atom is -0.368 e. The Balaban J connectivity index is 2.19. The second-order valence-electron chi connectivity index (χ2n) is 3.73. The molecule has 2 heterocycles. The van der Waals surface area contributed by atoms with Gasteiger partial charge in [0.25, 0.3) is 5.78 Å². The Morgan fingerprint density at radius 1 is 1.26 bits per heavy atom. The largest absolute Gasteiger partial charge is 0.368 e. The molecule has 0 aliphatic heterocycles. The molecule has 8 heteroatoms. The molecule has 2 N–H and O–H groups in total. The molecule has 3 aromatic rings. The summed E-state index contributed by atoms with van der Waals surface area (Å²) in [6.07, 6.45) is 1.87. The fraction of sp³-hybridized carbons (Fsp3) is 0.0909. The third-order valence-electron chi connectivity index (χ3n) is 2.48. The van der Waals surface area contributed by atoms with Crippen LogP contribution in [0.2, 0.25) is 5.02 Å². The van der Waals surface area contributed by atoms with Crippen LogP contribution in [0.3, 0.4) is 0 Å². The summed E-state index contributed by atoms with van der Waals surface area (Å²) < 4.78 is 1.41. The SMILES string of the molecule is CSc1nc(N)n2nc(-c3cccc(Cl)c3)nc2n1. The summed E-state index contributed by atoms with van der Waals surface area (Å²) in [5.41, 5.74) is 6.63. The van der Waals surface area contributed by atoms with Gasteiger partial charge in [0.05, 0.1) is 0 Å². The molecule has 19 heavy (non-hydrogen) atoms. The Morgan fingerprint density at radius 2 is 2.11 bits per heavy atom. The van der Waals surface area contributed by atoms with E-state index in [2.05, 4.69) is 20.1 Å². The molecule has 0 radical (unpaired) electrons. The lowest BCUT2D eigenvalue weighted by atomic mass is 10.2. The van der Waals surface area contributed by atoms with E-state index < -0.39 is 0 Å². The fourth-order valence-electron chi connectivity index (χ4n) is 1.63. The van der Waals surface area contributed by atoms with Crippen molar-refractivity contribution in [2.24, 2.45) is 0 Å². The lowest BCUT2D eigenvalue weighted by Gasteiger charge is -1.97. The average molecular weight is 293 g/mol. The van der Waals surface area contributed by atoms with Crippen LogP contribution in [0.1, 0.15) is 0 Å². The van der Waals surface area contributed by atoms with Gasteiger partial charge in [0, 0.05) is 10.6 Å². The number of hydrogen-bond acceptors (Lipinski definition) is 6. The Kier molecular flexibility index (Phi) is 3.00. The van der Waals surface area contributed by atoms with Crippen LogP contribution in [0.25, 0.3) is 17.2 Å². The van der Waals surface area contributed by atoms with Gasteiger partial charge in [0.1, 0.15) is 0 Å². The highest BCUT2D eigenvalue weighted by molar-refractivity contribution is 7.98. The van der Waals surface area contributed by atoms with Crippen molar-refractivity contribution in [3.63, 3.8) is 0 Å². The molecule has 0 spiro atoms. The molecule has 96 valence electrons. The molecule has 0 unspecified atom stereocenters. The molecule has 0 saturated carbocycles. The van der Waals surface area contributed by atoms with Crippen LogP contribution in [0, 0.1) is 0 Å². The minimum absolute atomic E-state index is 0.259. The first-order valence-corrected chi connectivity index (χ1v) is 6.98. The van der Waals surface area contributed by atoms with Crippen molar-refractivity contribution in [2.75, 3.05) is 12.0 Å². The maximum Gasteiger partial charge on any atom is 0.258 e. The number of benzene rings is 1. The third-order valence-corrected chi connectivity index (χ3v) is 3.26. The Bertz CT molecular complexity index is 756. The number of hydrogen-bond donors (Lipinski definition) is 1. The van der Waals surface area contributed by atoms with Crippen molar-refractivity contribution in [3.8, 4) is 11.4 Å². The Morgan fingerprint density at radius 3 is 2.84 bits per heavy atom. The van der Waals surface area contributed by atoms with E-state index in [0.29, 0.717) is 21.8 Å². The van der Waals surface area contributed by atoms with Crippen LogP contribution in [-0.4, -0.2) is 30.8 Å². The average Bonchev–Trinajstić information content (AvgIpc) is 2.83. The van der Waals surface area contributed by atoms with Crippen LogP contribution in [0.5, 0.6) is 0 Å². The maximum atomic E-state index is 5.95. The van der Waals surface area contributed by atoms with Gasteiger partial charge in [0.2, 0.25) is 5.95 Å². The van der Waals surface area contributed by atoms with E-state index in [1.54, 1.807) is 12.1 Å². The van der Waals surface area contributed by atoms with E-state index in [1.807, 2.05) is 18.4 Å². The van der Waals surface area contributed by atoms with Crippen LogP contribution in [0.15, 0.2) is 29.4 Å². The second kappa shape index (κ2) is 4.67. The van der Waals surface area contributed by atoms with E-state index in [-0.39, 0.29) is 5.95 Å². The Labute approximate surface area is 118 Å². The summed E-state index contributed by atoms with van der Waals surface area (Å²) in [7, 11) is 0. The molecular formula is C11H9ClN6S. The molecule has 2 aromatic heterocycles. The first kappa shape index (κ1) is 12.2. The Hall–Kier alpha value is -1.86. The number of nitrogen functional groups attached to an aromatic ring is 1. The molecule has 3 rings (SSSR count). The number of nitrogens with zero attached hydrogens (tertiary/aromatic N) is 5. The number of anilines is 1. The first-order chi connectivity index (χ1) is 9.17. The van der Waals surface area contributed by atoms with Gasteiger partial charge in [0.15, 0.2) is 11.0 Å². The van der Waals surface area contributed by atoms with Gasteiger partial charge in [-0.3, -0.25) is 0 Å². The van der Waals surface area contributed by atoms with E-state index in [4.69, 9.17) is 17.3 Å². The summed E-state index contributed by atoms with van der Waals surface area (Å²) in [6, 6.07) is 7.29. The predicted octanol–water partition coefficient (Wildman–Crippen LogP) is 2.14. The van der Waals surface area contributed by atoms with Gasteiger partial charge >= 0.3 is 0 Å². The summed E-state index contributed by atoms with van der Waals surface area (Å²) >= 11 is 7.35. The summed E-state index contributed by atoms with van der Waals surface area (Å²) in [5, 5.41) is 5.48. The number of nitrogens with two attached hydrogens (primary N) is 1. The summed E-state index contributed by atoms with van der Waals surface area (Å²) in [5.74, 6) is 1.20. The summed E-state index contributed by atoms with van der Waals surface area (Å²) in [6.45, 7) is 0. The monoisotopic (exact) mass is 292 g/mol. The smallest absolute Gasteiger partial charge is 0.258 e. The molecule has 0 aliphatic carbocycles. The van der Waals surface area contributed by atoms with Gasteiger partial charge in [-0.1, -0.05) is 35.5 Å². The predicted molar refractivity (Wildman–Crippen MR) is 75.2 cm³/mol. The number of fused-ring (bicyclic) bond motifs is 1. The minimum atomic E-state index is 0.259. The van der Waals surface area contributed by atoms with E-state index in [9.17, 15) is 0 Å². The van der Waals surface area contributed by atoms with Crippen LogP contribution in [0.4, 0.5) is 5.95 Å². The fourth-order valence-corrected chi connectivity index (χ4v) is 2.18. The molecule has 6 nitrogen and oxygen atoms in total. The molecule has 0 saturated heterocycles. The van der Waals surface area contributed by atoms with Crippen molar-refractivity contribution < 1.29 is 0 Å². The zero-order valence-electron chi connectivity index (χ0n) is 9.91. The van der Waals surface area contributed by atoms with Crippen molar-refractivity contribution in [1.29, 1.82) is 0 Å². The van der Waals surface area contributed by atoms with Gasteiger partial charge < -0.3 is 5.73 Å². The molecular weight excluding hydrogens is 284 g/mol. The van der Waals surface area contributed by atoms with Gasteiger partial charge in [-0.15, -0.1) is 5.10 Å². The van der Waals surface area contributed by atoms with Crippen molar-refractivity contribution in [3.05, 3.63) is 29.3 Å². The lowest BCUT2D eigenvalue weighted by molar-refractivity contribution is 0.851. The summed E-state index contributed by atoms with van der Waals surface area (Å²) in [4.78, 5) is 12.7. The molecule has 1 aromatic carbocycles. The number of thioether (sulfide) groups is 1. The molecule has 0 atom stereocenters. The van der Waals surface area contributed by atoms with Crippen molar-refractivity contribution >= 4 is 35.1 Å². The van der Waals surface area contributed by atoms with Crippen LogP contribution in [-0.2, 0) is 0 Å². The normalized spacial score (nSPS) is 11.1. The van der Waals surface area contributed by atoms with Gasteiger partial charge in [-0.25, -0.2) is 0 Å². The first-order valence-electron chi connectivity index (χ1n) is 5.37. The molecule has 0 amide bonds. The zero-order valence-corrected chi connectivity index (χ0v) is 11.5. The van der Waals surface area contributed by atoms with Crippen LogP contribution >= 0.6 is 23.4 Å².